The SMILES string of the molecule is CN1CCC(NC(=O)CN(c2ccc3c(c2)OCCO3)S(=O)(=O)c2ccccc2)CC1. The van der Waals surface area contributed by atoms with Crippen molar-refractivity contribution in [2.45, 2.75) is 23.8 Å². The standard InChI is InChI=1S/C22H27N3O5S/c1-24-11-9-17(10-12-24)23-22(26)16-25(31(27,28)19-5-3-2-4-6-19)18-7-8-20-21(15-18)30-14-13-29-20/h2-8,15,17H,9-14,16H2,1H3,(H,23,26). The molecular weight excluding hydrogens is 418 g/mol. The first-order valence-corrected chi connectivity index (χ1v) is 11.8. The minimum Gasteiger partial charge on any atom is -0.486 e. The van der Waals surface area contributed by atoms with Gasteiger partial charge in [0.1, 0.15) is 19.8 Å². The summed E-state index contributed by atoms with van der Waals surface area (Å²) in [6.07, 6.45) is 1.69. The lowest BCUT2D eigenvalue weighted by Gasteiger charge is -2.31. The summed E-state index contributed by atoms with van der Waals surface area (Å²) in [5.41, 5.74) is 0.353. The number of amides is 1. The van der Waals surface area contributed by atoms with Crippen molar-refractivity contribution in [2.75, 3.05) is 44.2 Å². The quantitative estimate of drug-likeness (QED) is 0.730. The fourth-order valence-corrected chi connectivity index (χ4v) is 5.21. The molecule has 31 heavy (non-hydrogen) atoms. The molecule has 166 valence electrons. The van der Waals surface area contributed by atoms with Gasteiger partial charge in [-0.2, -0.15) is 0 Å². The van der Waals surface area contributed by atoms with Crippen molar-refractivity contribution < 1.29 is 22.7 Å². The van der Waals surface area contributed by atoms with E-state index in [9.17, 15) is 13.2 Å². The highest BCUT2D eigenvalue weighted by Crippen LogP contribution is 2.35. The van der Waals surface area contributed by atoms with Gasteiger partial charge in [0, 0.05) is 12.1 Å². The maximum atomic E-state index is 13.4. The Hall–Kier alpha value is -2.78. The Bertz CT molecular complexity index is 1020. The van der Waals surface area contributed by atoms with E-state index in [-0.39, 0.29) is 23.4 Å². The van der Waals surface area contributed by atoms with Crippen LogP contribution in [-0.2, 0) is 14.8 Å². The molecular formula is C22H27N3O5S. The van der Waals surface area contributed by atoms with Gasteiger partial charge >= 0.3 is 0 Å². The fourth-order valence-electron chi connectivity index (χ4n) is 3.78. The maximum absolute atomic E-state index is 13.4. The smallest absolute Gasteiger partial charge is 0.264 e. The largest absolute Gasteiger partial charge is 0.486 e. The number of fused-ring (bicyclic) bond motifs is 1. The van der Waals surface area contributed by atoms with Crippen LogP contribution in [0, 0.1) is 0 Å². The van der Waals surface area contributed by atoms with Crippen LogP contribution in [0.5, 0.6) is 11.5 Å². The molecule has 0 bridgehead atoms. The van der Waals surface area contributed by atoms with Crippen LogP contribution in [0.15, 0.2) is 53.4 Å². The van der Waals surface area contributed by atoms with Crippen LogP contribution in [0.25, 0.3) is 0 Å². The average molecular weight is 446 g/mol. The third kappa shape index (κ3) is 4.94. The van der Waals surface area contributed by atoms with Crippen molar-refractivity contribution in [1.29, 1.82) is 0 Å². The number of benzene rings is 2. The van der Waals surface area contributed by atoms with Gasteiger partial charge in [0.15, 0.2) is 11.5 Å². The predicted octanol–water partition coefficient (Wildman–Crippen LogP) is 1.86. The zero-order valence-electron chi connectivity index (χ0n) is 17.5. The number of hydrogen-bond acceptors (Lipinski definition) is 6. The van der Waals surface area contributed by atoms with Crippen LogP contribution >= 0.6 is 0 Å². The number of anilines is 1. The lowest BCUT2D eigenvalue weighted by atomic mass is 10.1. The minimum absolute atomic E-state index is 0.0465. The first kappa shape index (κ1) is 21.5. The molecule has 2 aromatic rings. The third-order valence-electron chi connectivity index (χ3n) is 5.52. The second-order valence-corrected chi connectivity index (χ2v) is 9.66. The topological polar surface area (TPSA) is 88.2 Å². The van der Waals surface area contributed by atoms with Gasteiger partial charge < -0.3 is 19.7 Å². The number of piperidine rings is 1. The first-order chi connectivity index (χ1) is 14.9. The van der Waals surface area contributed by atoms with E-state index in [1.165, 1.54) is 12.1 Å². The molecule has 2 aliphatic heterocycles. The van der Waals surface area contributed by atoms with E-state index in [4.69, 9.17) is 9.47 Å². The van der Waals surface area contributed by atoms with Gasteiger partial charge in [-0.1, -0.05) is 18.2 Å². The Kier molecular flexibility index (Phi) is 6.33. The molecule has 1 fully saturated rings. The van der Waals surface area contributed by atoms with Crippen LogP contribution in [0.1, 0.15) is 12.8 Å². The van der Waals surface area contributed by atoms with Crippen molar-refractivity contribution in [1.82, 2.24) is 10.2 Å². The van der Waals surface area contributed by atoms with Crippen LogP contribution in [0.3, 0.4) is 0 Å². The van der Waals surface area contributed by atoms with Crippen LogP contribution in [0.4, 0.5) is 5.69 Å². The molecule has 2 aliphatic rings. The van der Waals surface area contributed by atoms with Crippen molar-refractivity contribution >= 4 is 21.6 Å². The van der Waals surface area contributed by atoms with Crippen molar-refractivity contribution in [3.05, 3.63) is 48.5 Å². The van der Waals surface area contributed by atoms with Gasteiger partial charge in [-0.15, -0.1) is 0 Å². The number of nitrogens with one attached hydrogen (secondary N) is 1. The van der Waals surface area contributed by atoms with Gasteiger partial charge in [0.05, 0.1) is 10.6 Å². The molecule has 2 aromatic carbocycles. The summed E-state index contributed by atoms with van der Waals surface area (Å²) in [6.45, 7) is 2.32. The monoisotopic (exact) mass is 445 g/mol. The summed E-state index contributed by atoms with van der Waals surface area (Å²) in [5, 5.41) is 3.00. The molecule has 0 aromatic heterocycles. The number of nitrogens with zero attached hydrogens (tertiary/aromatic N) is 2. The summed E-state index contributed by atoms with van der Waals surface area (Å²) in [4.78, 5) is 15.2. The van der Waals surface area contributed by atoms with Crippen molar-refractivity contribution in [3.8, 4) is 11.5 Å². The number of likely N-dealkylation sites (tertiary alicyclic amines) is 1. The summed E-state index contributed by atoms with van der Waals surface area (Å²) in [6, 6.07) is 13.1. The molecule has 1 saturated heterocycles. The van der Waals surface area contributed by atoms with E-state index in [1.807, 2.05) is 7.05 Å². The minimum atomic E-state index is -3.96. The Labute approximate surface area is 182 Å². The van der Waals surface area contributed by atoms with E-state index in [1.54, 1.807) is 36.4 Å². The van der Waals surface area contributed by atoms with Gasteiger partial charge in [0.25, 0.3) is 10.0 Å². The van der Waals surface area contributed by atoms with Gasteiger partial charge in [-0.05, 0) is 57.2 Å². The Balaban J connectivity index is 1.61. The Morgan fingerprint density at radius 1 is 1.06 bits per heavy atom. The number of carbonyl (C=O) groups is 1. The van der Waals surface area contributed by atoms with E-state index in [2.05, 4.69) is 10.2 Å². The zero-order chi connectivity index (χ0) is 21.8. The van der Waals surface area contributed by atoms with E-state index in [0.717, 1.165) is 30.2 Å². The highest BCUT2D eigenvalue weighted by molar-refractivity contribution is 7.92. The summed E-state index contributed by atoms with van der Waals surface area (Å²) in [7, 11) is -1.91. The van der Waals surface area contributed by atoms with Gasteiger partial charge in [0.2, 0.25) is 5.91 Å². The Morgan fingerprint density at radius 3 is 2.45 bits per heavy atom. The molecule has 0 radical (unpaired) electrons. The number of rotatable bonds is 6. The normalized spacial score (nSPS) is 17.2. The predicted molar refractivity (Wildman–Crippen MR) is 117 cm³/mol. The Morgan fingerprint density at radius 2 is 1.74 bits per heavy atom. The highest BCUT2D eigenvalue weighted by atomic mass is 32.2. The summed E-state index contributed by atoms with van der Waals surface area (Å²) < 4.78 is 39.2. The van der Waals surface area contributed by atoms with Crippen LogP contribution in [0.2, 0.25) is 0 Å². The van der Waals surface area contributed by atoms with Gasteiger partial charge in [-0.25, -0.2) is 8.42 Å². The number of carbonyl (C=O) groups excluding carboxylic acids is 1. The molecule has 2 heterocycles. The fraction of sp³-hybridized carbons (Fsp3) is 0.409. The zero-order valence-corrected chi connectivity index (χ0v) is 18.3. The average Bonchev–Trinajstić information content (AvgIpc) is 2.79. The second-order valence-electron chi connectivity index (χ2n) is 7.80. The summed E-state index contributed by atoms with van der Waals surface area (Å²) in [5.74, 6) is 0.694. The molecule has 8 nitrogen and oxygen atoms in total. The molecule has 1 amide bonds. The molecule has 0 spiro atoms. The van der Waals surface area contributed by atoms with E-state index in [0.29, 0.717) is 30.4 Å². The van der Waals surface area contributed by atoms with E-state index >= 15 is 0 Å². The number of hydrogen-bond donors (Lipinski definition) is 1. The molecule has 0 atom stereocenters. The second kappa shape index (κ2) is 9.15. The first-order valence-electron chi connectivity index (χ1n) is 10.4. The number of sulfonamides is 1. The van der Waals surface area contributed by atoms with Crippen molar-refractivity contribution in [2.24, 2.45) is 0 Å². The summed E-state index contributed by atoms with van der Waals surface area (Å²) >= 11 is 0. The lowest BCUT2D eigenvalue weighted by molar-refractivity contribution is -0.120. The molecule has 0 saturated carbocycles. The van der Waals surface area contributed by atoms with Crippen LogP contribution < -0.4 is 19.1 Å². The highest BCUT2D eigenvalue weighted by Gasteiger charge is 2.29. The third-order valence-corrected chi connectivity index (χ3v) is 7.30. The maximum Gasteiger partial charge on any atom is 0.264 e. The van der Waals surface area contributed by atoms with Gasteiger partial charge in [-0.3, -0.25) is 9.10 Å². The molecule has 4 rings (SSSR count). The number of ether oxygens (including phenoxy) is 2. The van der Waals surface area contributed by atoms with Crippen LogP contribution in [-0.4, -0.2) is 65.2 Å². The molecule has 9 heteroatoms. The molecule has 1 N–H and O–H groups in total. The molecule has 0 unspecified atom stereocenters. The molecule has 0 aliphatic carbocycles. The lowest BCUT2D eigenvalue weighted by Crippen LogP contribution is -2.47. The van der Waals surface area contributed by atoms with Crippen molar-refractivity contribution in [3.63, 3.8) is 0 Å². The van der Waals surface area contributed by atoms with E-state index < -0.39 is 10.0 Å².